The van der Waals surface area contributed by atoms with Crippen LogP contribution in [0.15, 0.2) is 15.9 Å². The van der Waals surface area contributed by atoms with E-state index in [-0.39, 0.29) is 12.5 Å². The van der Waals surface area contributed by atoms with Crippen molar-refractivity contribution in [3.8, 4) is 0 Å². The number of halogens is 1. The molecule has 1 aromatic heterocycles. The fourth-order valence-corrected chi connectivity index (χ4v) is 3.36. The third kappa shape index (κ3) is 4.08. The van der Waals surface area contributed by atoms with E-state index in [4.69, 9.17) is 0 Å². The van der Waals surface area contributed by atoms with E-state index in [2.05, 4.69) is 21.2 Å². The maximum absolute atomic E-state index is 11.7. The van der Waals surface area contributed by atoms with Crippen molar-refractivity contribution in [1.29, 1.82) is 0 Å². The van der Waals surface area contributed by atoms with Gasteiger partial charge in [-0.2, -0.15) is 11.8 Å². The number of aliphatic hydroxyl groups is 1. The van der Waals surface area contributed by atoms with Gasteiger partial charge < -0.3 is 10.4 Å². The lowest BCUT2D eigenvalue weighted by Crippen LogP contribution is -2.42. The number of thiophene rings is 1. The normalized spacial score (nSPS) is 14.5. The molecule has 0 aliphatic heterocycles. The first-order chi connectivity index (χ1) is 7.46. The van der Waals surface area contributed by atoms with Gasteiger partial charge in [-0.25, -0.2) is 0 Å². The number of carbonyl (C=O) groups is 1. The molecule has 0 spiro atoms. The van der Waals surface area contributed by atoms with Crippen LogP contribution < -0.4 is 5.32 Å². The van der Waals surface area contributed by atoms with Gasteiger partial charge in [-0.05, 0) is 40.6 Å². The largest absolute Gasteiger partial charge is 0.387 e. The summed E-state index contributed by atoms with van der Waals surface area (Å²) in [6.07, 6.45) is 1.92. The highest BCUT2D eigenvalue weighted by molar-refractivity contribution is 9.10. The standard InChI is InChI=1S/C10H14BrNO2S2/c1-10(14,6-15-2)5-12-9(13)8-7(11)3-4-16-8/h3-4,14H,5-6H2,1-2H3,(H,12,13)/t10-/m0/s1. The Bertz CT molecular complexity index is 365. The van der Waals surface area contributed by atoms with Crippen molar-refractivity contribution in [3.05, 3.63) is 20.8 Å². The zero-order valence-corrected chi connectivity index (χ0v) is 12.3. The van der Waals surface area contributed by atoms with Crippen molar-refractivity contribution < 1.29 is 9.90 Å². The van der Waals surface area contributed by atoms with Crippen LogP contribution in [-0.2, 0) is 0 Å². The number of amides is 1. The van der Waals surface area contributed by atoms with E-state index >= 15 is 0 Å². The summed E-state index contributed by atoms with van der Waals surface area (Å²) in [6, 6.07) is 1.83. The predicted octanol–water partition coefficient (Wildman–Crippen LogP) is 2.35. The minimum atomic E-state index is -0.862. The van der Waals surface area contributed by atoms with Gasteiger partial charge in [0, 0.05) is 16.8 Å². The Balaban J connectivity index is 2.51. The highest BCUT2D eigenvalue weighted by Crippen LogP contribution is 2.22. The van der Waals surface area contributed by atoms with E-state index in [0.29, 0.717) is 10.6 Å². The van der Waals surface area contributed by atoms with Gasteiger partial charge >= 0.3 is 0 Å². The summed E-state index contributed by atoms with van der Waals surface area (Å²) in [5.74, 6) is 0.446. The molecule has 90 valence electrons. The zero-order chi connectivity index (χ0) is 12.2. The lowest BCUT2D eigenvalue weighted by Gasteiger charge is -2.22. The monoisotopic (exact) mass is 323 g/mol. The first-order valence-electron chi connectivity index (χ1n) is 4.69. The number of nitrogens with one attached hydrogen (secondary N) is 1. The van der Waals surface area contributed by atoms with Gasteiger partial charge in [-0.3, -0.25) is 4.79 Å². The second kappa shape index (κ2) is 6.05. The molecule has 1 amide bonds. The molecule has 0 aliphatic rings. The van der Waals surface area contributed by atoms with Crippen LogP contribution in [0, 0.1) is 0 Å². The Morgan fingerprint density at radius 2 is 2.44 bits per heavy atom. The van der Waals surface area contributed by atoms with Crippen molar-refractivity contribution in [2.45, 2.75) is 12.5 Å². The van der Waals surface area contributed by atoms with Crippen molar-refractivity contribution in [2.75, 3.05) is 18.6 Å². The molecule has 0 saturated carbocycles. The lowest BCUT2D eigenvalue weighted by atomic mass is 10.1. The summed E-state index contributed by atoms with van der Waals surface area (Å²) in [5.41, 5.74) is -0.862. The maximum atomic E-state index is 11.7. The van der Waals surface area contributed by atoms with Crippen LogP contribution in [0.3, 0.4) is 0 Å². The number of carbonyl (C=O) groups excluding carboxylic acids is 1. The molecule has 0 unspecified atom stereocenters. The van der Waals surface area contributed by atoms with E-state index in [1.165, 1.54) is 11.3 Å². The van der Waals surface area contributed by atoms with Crippen LogP contribution in [0.2, 0.25) is 0 Å². The van der Waals surface area contributed by atoms with E-state index in [0.717, 1.165) is 4.47 Å². The fourth-order valence-electron chi connectivity index (χ4n) is 1.17. The van der Waals surface area contributed by atoms with Crippen molar-refractivity contribution >= 4 is 44.9 Å². The Morgan fingerprint density at radius 3 is 2.94 bits per heavy atom. The van der Waals surface area contributed by atoms with Gasteiger partial charge in [-0.15, -0.1) is 11.3 Å². The van der Waals surface area contributed by atoms with Gasteiger partial charge in [0.05, 0.1) is 5.60 Å². The first kappa shape index (κ1) is 14.0. The molecule has 0 bridgehead atoms. The molecule has 1 rings (SSSR count). The Morgan fingerprint density at radius 1 is 1.75 bits per heavy atom. The third-order valence-electron chi connectivity index (χ3n) is 1.91. The van der Waals surface area contributed by atoms with E-state index < -0.39 is 5.60 Å². The van der Waals surface area contributed by atoms with Gasteiger partial charge in [0.25, 0.3) is 5.91 Å². The topological polar surface area (TPSA) is 49.3 Å². The summed E-state index contributed by atoms with van der Waals surface area (Å²) in [6.45, 7) is 1.98. The molecular formula is C10H14BrNO2S2. The molecule has 0 aliphatic carbocycles. The zero-order valence-electron chi connectivity index (χ0n) is 9.12. The SMILES string of the molecule is CSC[C@@](C)(O)CNC(=O)c1sccc1Br. The van der Waals surface area contributed by atoms with Crippen LogP contribution >= 0.6 is 39.0 Å². The highest BCUT2D eigenvalue weighted by atomic mass is 79.9. The summed E-state index contributed by atoms with van der Waals surface area (Å²) in [4.78, 5) is 12.4. The van der Waals surface area contributed by atoms with Crippen molar-refractivity contribution in [3.63, 3.8) is 0 Å². The summed E-state index contributed by atoms with van der Waals surface area (Å²) in [7, 11) is 0. The number of rotatable bonds is 5. The lowest BCUT2D eigenvalue weighted by molar-refractivity contribution is 0.0727. The van der Waals surface area contributed by atoms with Crippen LogP contribution in [0.5, 0.6) is 0 Å². The summed E-state index contributed by atoms with van der Waals surface area (Å²) < 4.78 is 0.791. The second-order valence-electron chi connectivity index (χ2n) is 3.71. The maximum Gasteiger partial charge on any atom is 0.262 e. The Labute approximate surface area is 112 Å². The summed E-state index contributed by atoms with van der Waals surface area (Å²) in [5, 5.41) is 14.5. The average Bonchev–Trinajstić information content (AvgIpc) is 2.61. The first-order valence-corrected chi connectivity index (χ1v) is 7.75. The molecule has 16 heavy (non-hydrogen) atoms. The molecule has 6 heteroatoms. The van der Waals surface area contributed by atoms with Crippen molar-refractivity contribution in [1.82, 2.24) is 5.32 Å². The number of hydrogen-bond donors (Lipinski definition) is 2. The Hall–Kier alpha value is -0.0400. The molecule has 2 N–H and O–H groups in total. The number of hydrogen-bond acceptors (Lipinski definition) is 4. The predicted molar refractivity (Wildman–Crippen MR) is 73.4 cm³/mol. The molecular weight excluding hydrogens is 310 g/mol. The smallest absolute Gasteiger partial charge is 0.262 e. The molecule has 3 nitrogen and oxygen atoms in total. The van der Waals surface area contributed by atoms with Gasteiger partial charge in [-0.1, -0.05) is 0 Å². The van der Waals surface area contributed by atoms with Crippen LogP contribution in [0.4, 0.5) is 0 Å². The summed E-state index contributed by atoms with van der Waals surface area (Å²) >= 11 is 6.23. The van der Waals surface area contributed by atoms with Crippen LogP contribution in [0.25, 0.3) is 0 Å². The molecule has 0 saturated heterocycles. The average molecular weight is 324 g/mol. The van der Waals surface area contributed by atoms with Gasteiger partial charge in [0.2, 0.25) is 0 Å². The minimum absolute atomic E-state index is 0.150. The van der Waals surface area contributed by atoms with E-state index in [9.17, 15) is 9.90 Å². The molecule has 1 aromatic rings. The molecule has 0 radical (unpaired) electrons. The van der Waals surface area contributed by atoms with Gasteiger partial charge in [0.1, 0.15) is 4.88 Å². The molecule has 0 aromatic carbocycles. The minimum Gasteiger partial charge on any atom is -0.387 e. The van der Waals surface area contributed by atoms with E-state index in [1.807, 2.05) is 17.7 Å². The number of thioether (sulfide) groups is 1. The molecule has 1 heterocycles. The quantitative estimate of drug-likeness (QED) is 0.874. The Kier molecular flexibility index (Phi) is 5.30. The second-order valence-corrected chi connectivity index (χ2v) is 6.35. The highest BCUT2D eigenvalue weighted by Gasteiger charge is 2.21. The fraction of sp³-hybridized carbons (Fsp3) is 0.500. The van der Waals surface area contributed by atoms with Gasteiger partial charge in [0.15, 0.2) is 0 Å². The van der Waals surface area contributed by atoms with E-state index in [1.54, 1.807) is 18.7 Å². The third-order valence-corrected chi connectivity index (χ3v) is 4.66. The molecule has 1 atom stereocenters. The van der Waals surface area contributed by atoms with Crippen LogP contribution in [0.1, 0.15) is 16.6 Å². The van der Waals surface area contributed by atoms with Crippen molar-refractivity contribution in [2.24, 2.45) is 0 Å². The molecule has 0 fully saturated rings. The van der Waals surface area contributed by atoms with Crippen LogP contribution in [-0.4, -0.2) is 35.2 Å².